The van der Waals surface area contributed by atoms with E-state index in [1.54, 1.807) is 16.8 Å². The molecule has 0 atom stereocenters. The van der Waals surface area contributed by atoms with Crippen LogP contribution in [0.2, 0.25) is 15.1 Å². The van der Waals surface area contributed by atoms with E-state index in [0.29, 0.717) is 26.4 Å². The summed E-state index contributed by atoms with van der Waals surface area (Å²) >= 11 is 18.7. The zero-order valence-electron chi connectivity index (χ0n) is 18.5. The van der Waals surface area contributed by atoms with Gasteiger partial charge in [-0.2, -0.15) is 5.10 Å². The Morgan fingerprint density at radius 2 is 1.67 bits per heavy atom. The van der Waals surface area contributed by atoms with Gasteiger partial charge in [0.25, 0.3) is 5.91 Å². The lowest BCUT2D eigenvalue weighted by Crippen LogP contribution is -2.45. The van der Waals surface area contributed by atoms with Gasteiger partial charge in [0.2, 0.25) is 0 Å². The maximum atomic E-state index is 13.2. The molecule has 1 saturated heterocycles. The number of carbonyl (C=O) groups is 1. The van der Waals surface area contributed by atoms with E-state index in [1.807, 2.05) is 55.3 Å². The molecule has 0 saturated carbocycles. The lowest BCUT2D eigenvalue weighted by Gasteiger charge is -2.26. The molecule has 5 nitrogen and oxygen atoms in total. The summed E-state index contributed by atoms with van der Waals surface area (Å²) < 4.78 is 1.72. The SMILES string of the molecule is CC(=Cc1ccc(Cl)cc1)c1c(C)c(C(=O)NN2CCCCC2)nn1-c1ccc(Cl)cc1Cl. The Hall–Kier alpha value is -2.31. The standard InChI is InChI=1S/C25H25Cl3N4O/c1-16(14-18-6-8-19(26)9-7-18)24-17(2)23(25(33)30-31-12-4-3-5-13-31)29-32(24)22-11-10-20(27)15-21(22)28/h6-11,14-15H,3-5,12-13H2,1-2H3,(H,30,33). The Bertz CT molecular complexity index is 1200. The number of amides is 1. The lowest BCUT2D eigenvalue weighted by molar-refractivity contribution is 0.0743. The zero-order valence-corrected chi connectivity index (χ0v) is 20.8. The molecule has 3 aromatic rings. The molecule has 1 aliphatic heterocycles. The van der Waals surface area contributed by atoms with Crippen molar-refractivity contribution in [3.63, 3.8) is 0 Å². The Balaban J connectivity index is 1.78. The van der Waals surface area contributed by atoms with Crippen LogP contribution >= 0.6 is 34.8 Å². The maximum absolute atomic E-state index is 13.2. The molecule has 1 aromatic heterocycles. The van der Waals surface area contributed by atoms with Gasteiger partial charge in [-0.25, -0.2) is 9.69 Å². The first-order valence-electron chi connectivity index (χ1n) is 10.9. The molecule has 8 heteroatoms. The molecule has 0 bridgehead atoms. The molecule has 2 heterocycles. The average Bonchev–Trinajstić information content (AvgIpc) is 3.13. The summed E-state index contributed by atoms with van der Waals surface area (Å²) in [7, 11) is 0. The van der Waals surface area contributed by atoms with Gasteiger partial charge in [-0.1, -0.05) is 53.4 Å². The number of aromatic nitrogens is 2. The van der Waals surface area contributed by atoms with Crippen molar-refractivity contribution in [2.45, 2.75) is 33.1 Å². The molecular weight excluding hydrogens is 479 g/mol. The third-order valence-corrected chi connectivity index (χ3v) is 6.51. The van der Waals surface area contributed by atoms with Gasteiger partial charge in [-0.3, -0.25) is 10.2 Å². The van der Waals surface area contributed by atoms with Crippen LogP contribution < -0.4 is 5.43 Å². The summed E-state index contributed by atoms with van der Waals surface area (Å²) in [6.45, 7) is 5.59. The topological polar surface area (TPSA) is 50.2 Å². The number of carbonyl (C=O) groups excluding carboxylic acids is 1. The second kappa shape index (κ2) is 10.3. The molecule has 1 N–H and O–H groups in total. The minimum absolute atomic E-state index is 0.223. The van der Waals surface area contributed by atoms with E-state index in [4.69, 9.17) is 39.9 Å². The van der Waals surface area contributed by atoms with Gasteiger partial charge < -0.3 is 0 Å². The summed E-state index contributed by atoms with van der Waals surface area (Å²) in [5.74, 6) is -0.223. The number of nitrogens with zero attached hydrogens (tertiary/aromatic N) is 3. The second-order valence-electron chi connectivity index (χ2n) is 8.20. The number of nitrogens with one attached hydrogen (secondary N) is 1. The van der Waals surface area contributed by atoms with Crippen LogP contribution in [0.25, 0.3) is 17.3 Å². The van der Waals surface area contributed by atoms with E-state index in [-0.39, 0.29) is 5.91 Å². The van der Waals surface area contributed by atoms with E-state index < -0.39 is 0 Å². The molecule has 1 amide bonds. The highest BCUT2D eigenvalue weighted by molar-refractivity contribution is 6.35. The number of halogens is 3. The summed E-state index contributed by atoms with van der Waals surface area (Å²) in [4.78, 5) is 13.2. The van der Waals surface area contributed by atoms with Crippen LogP contribution in [0.3, 0.4) is 0 Å². The highest BCUT2D eigenvalue weighted by Crippen LogP contribution is 2.31. The number of piperidine rings is 1. The predicted octanol–water partition coefficient (Wildman–Crippen LogP) is 6.83. The summed E-state index contributed by atoms with van der Waals surface area (Å²) in [5.41, 5.74) is 7.54. The Labute approximate surface area is 208 Å². The fourth-order valence-corrected chi connectivity index (χ4v) is 4.70. The monoisotopic (exact) mass is 502 g/mol. The minimum Gasteiger partial charge on any atom is -0.283 e. The second-order valence-corrected chi connectivity index (χ2v) is 9.48. The number of hydrogen-bond donors (Lipinski definition) is 1. The van der Waals surface area contributed by atoms with E-state index in [0.717, 1.165) is 48.3 Å². The van der Waals surface area contributed by atoms with Crippen LogP contribution in [0.4, 0.5) is 0 Å². The van der Waals surface area contributed by atoms with Crippen molar-refractivity contribution >= 4 is 52.4 Å². The summed E-state index contributed by atoms with van der Waals surface area (Å²) in [6, 6.07) is 12.8. The number of benzene rings is 2. The molecule has 0 unspecified atom stereocenters. The lowest BCUT2D eigenvalue weighted by atomic mass is 10.0. The predicted molar refractivity (Wildman–Crippen MR) is 136 cm³/mol. The van der Waals surface area contributed by atoms with Crippen LogP contribution in [0, 0.1) is 6.92 Å². The van der Waals surface area contributed by atoms with Gasteiger partial charge in [0.15, 0.2) is 5.69 Å². The third-order valence-electron chi connectivity index (χ3n) is 5.72. The largest absolute Gasteiger partial charge is 0.286 e. The van der Waals surface area contributed by atoms with E-state index in [2.05, 4.69) is 5.43 Å². The van der Waals surface area contributed by atoms with Crippen LogP contribution in [0.15, 0.2) is 42.5 Å². The first kappa shape index (κ1) is 23.8. The molecule has 33 heavy (non-hydrogen) atoms. The Kier molecular flexibility index (Phi) is 7.45. The highest BCUT2D eigenvalue weighted by Gasteiger charge is 2.24. The van der Waals surface area contributed by atoms with E-state index >= 15 is 0 Å². The van der Waals surface area contributed by atoms with Crippen LogP contribution in [-0.2, 0) is 0 Å². The molecule has 0 aliphatic carbocycles. The van der Waals surface area contributed by atoms with Crippen molar-refractivity contribution in [1.29, 1.82) is 0 Å². The van der Waals surface area contributed by atoms with Gasteiger partial charge in [-0.15, -0.1) is 0 Å². The smallest absolute Gasteiger partial charge is 0.283 e. The molecule has 4 rings (SSSR count). The van der Waals surface area contributed by atoms with Crippen molar-refractivity contribution in [2.24, 2.45) is 0 Å². The van der Waals surface area contributed by atoms with Crippen molar-refractivity contribution < 1.29 is 4.79 Å². The Morgan fingerprint density at radius 1 is 1.00 bits per heavy atom. The van der Waals surface area contributed by atoms with Crippen molar-refractivity contribution in [3.8, 4) is 5.69 Å². The minimum atomic E-state index is -0.223. The van der Waals surface area contributed by atoms with Gasteiger partial charge in [0, 0.05) is 28.7 Å². The van der Waals surface area contributed by atoms with Crippen LogP contribution in [0.5, 0.6) is 0 Å². The van der Waals surface area contributed by atoms with Crippen molar-refractivity contribution in [1.82, 2.24) is 20.2 Å². The van der Waals surface area contributed by atoms with E-state index in [1.165, 1.54) is 6.42 Å². The van der Waals surface area contributed by atoms with Gasteiger partial charge in [-0.05, 0) is 74.2 Å². The van der Waals surface area contributed by atoms with Crippen LogP contribution in [0.1, 0.15) is 53.5 Å². The fourth-order valence-electron chi connectivity index (χ4n) is 4.08. The summed E-state index contributed by atoms with van der Waals surface area (Å²) in [5, 5.41) is 8.33. The highest BCUT2D eigenvalue weighted by atomic mass is 35.5. The van der Waals surface area contributed by atoms with Crippen molar-refractivity contribution in [3.05, 3.63) is 80.0 Å². The average molecular weight is 504 g/mol. The first-order chi connectivity index (χ1) is 15.8. The molecular formula is C25H25Cl3N4O. The first-order valence-corrected chi connectivity index (χ1v) is 12.0. The number of allylic oxidation sites excluding steroid dienone is 1. The molecule has 0 spiro atoms. The molecule has 172 valence electrons. The number of hydrogen-bond acceptors (Lipinski definition) is 3. The Morgan fingerprint density at radius 3 is 2.33 bits per heavy atom. The quantitative estimate of drug-likeness (QED) is 0.415. The number of rotatable bonds is 5. The maximum Gasteiger partial charge on any atom is 0.286 e. The van der Waals surface area contributed by atoms with E-state index in [9.17, 15) is 4.79 Å². The molecule has 0 radical (unpaired) electrons. The third kappa shape index (κ3) is 5.44. The normalized spacial score (nSPS) is 15.0. The van der Waals surface area contributed by atoms with Gasteiger partial charge in [0.05, 0.1) is 16.4 Å². The molecule has 1 fully saturated rings. The van der Waals surface area contributed by atoms with Crippen molar-refractivity contribution in [2.75, 3.05) is 13.1 Å². The molecule has 1 aliphatic rings. The van der Waals surface area contributed by atoms with Crippen LogP contribution in [-0.4, -0.2) is 33.8 Å². The number of hydrazine groups is 1. The summed E-state index contributed by atoms with van der Waals surface area (Å²) in [6.07, 6.45) is 5.37. The van der Waals surface area contributed by atoms with Gasteiger partial charge >= 0.3 is 0 Å². The zero-order chi connectivity index (χ0) is 23.5. The molecule has 2 aromatic carbocycles. The fraction of sp³-hybridized carbons (Fsp3) is 0.280. The van der Waals surface area contributed by atoms with Gasteiger partial charge in [0.1, 0.15) is 0 Å².